The monoisotopic (exact) mass is 912 g/mol. The van der Waals surface area contributed by atoms with Crippen molar-refractivity contribution in [3.05, 3.63) is 99.6 Å². The van der Waals surface area contributed by atoms with Crippen molar-refractivity contribution in [2.24, 2.45) is 0 Å². The molecule has 22 nitrogen and oxygen atoms in total. The van der Waals surface area contributed by atoms with Crippen molar-refractivity contribution in [3.8, 4) is 109 Å². The smallest absolute Gasteiger partial charge is 0.338 e. The van der Waals surface area contributed by atoms with Gasteiger partial charge in [-0.3, -0.25) is 0 Å². The number of aromatic hydroxyl groups is 15. The molecule has 22 heteroatoms. The van der Waals surface area contributed by atoms with Crippen molar-refractivity contribution in [2.75, 3.05) is 0 Å². The third-order valence-corrected chi connectivity index (χ3v) is 11.2. The number of carbonyl (C=O) groups excluding carboxylic acids is 2. The van der Waals surface area contributed by atoms with E-state index in [0.29, 0.717) is 18.2 Å². The van der Waals surface area contributed by atoms with Gasteiger partial charge in [-0.2, -0.15) is 0 Å². The summed E-state index contributed by atoms with van der Waals surface area (Å²) in [7, 11) is 0. The number of esters is 2. The van der Waals surface area contributed by atoms with E-state index in [1.807, 2.05) is 0 Å². The van der Waals surface area contributed by atoms with Gasteiger partial charge in [0, 0.05) is 52.4 Å². The lowest BCUT2D eigenvalue weighted by Crippen LogP contribution is -2.40. The first kappa shape index (κ1) is 42.0. The summed E-state index contributed by atoms with van der Waals surface area (Å²) in [5.74, 6) is -22.1. The van der Waals surface area contributed by atoms with E-state index in [-0.39, 0.29) is 11.1 Å². The van der Waals surface area contributed by atoms with E-state index in [9.17, 15) is 86.2 Å². The molecule has 0 amide bonds. The van der Waals surface area contributed by atoms with Crippen LogP contribution in [0.25, 0.3) is 0 Å². The van der Waals surface area contributed by atoms with Gasteiger partial charge in [0.05, 0.1) is 17.0 Å². The Morgan fingerprint density at radius 3 is 1.79 bits per heavy atom. The molecule has 0 aliphatic carbocycles. The SMILES string of the molecule is O=C(O[C@@H]1[C@@H]2c3c(O)cc(O)cc3O[C@@H]1c1cc(O)c(O)c(O)c1Oc1cc(cc(O)c1O)C(=O)O[C@@H]1Cc3c(O)cc(O)c2c3O[C@@H]1c1cc(O)c(O)c(O)c1)c1cc(O)c(O)c(O)c1. The van der Waals surface area contributed by atoms with E-state index >= 15 is 0 Å². The summed E-state index contributed by atoms with van der Waals surface area (Å²) >= 11 is 0. The Balaban J connectivity index is 1.40. The van der Waals surface area contributed by atoms with Gasteiger partial charge in [0.1, 0.15) is 40.6 Å². The average Bonchev–Trinajstić information content (AvgIpc) is 3.25. The van der Waals surface area contributed by atoms with E-state index in [4.69, 9.17) is 23.7 Å². The number of hydrogen-bond acceptors (Lipinski definition) is 22. The summed E-state index contributed by atoms with van der Waals surface area (Å²) in [5.41, 5.74) is -3.24. The Kier molecular flexibility index (Phi) is 9.48. The predicted octanol–water partition coefficient (Wildman–Crippen LogP) is 4.77. The summed E-state index contributed by atoms with van der Waals surface area (Å²) in [6.45, 7) is 0. The number of hydrogen-bond donors (Lipinski definition) is 15. The van der Waals surface area contributed by atoms with Crippen molar-refractivity contribution in [2.45, 2.75) is 36.8 Å². The Morgan fingerprint density at radius 1 is 0.515 bits per heavy atom. The minimum Gasteiger partial charge on any atom is -0.508 e. The third kappa shape index (κ3) is 6.58. The Hall–Kier alpha value is -9.34. The van der Waals surface area contributed by atoms with Crippen molar-refractivity contribution in [1.29, 1.82) is 0 Å². The predicted molar refractivity (Wildman–Crippen MR) is 214 cm³/mol. The van der Waals surface area contributed by atoms with Crippen molar-refractivity contribution in [3.63, 3.8) is 0 Å². The first-order chi connectivity index (χ1) is 31.2. The highest BCUT2D eigenvalue weighted by Crippen LogP contribution is 2.61. The molecule has 4 aliphatic heterocycles. The zero-order chi connectivity index (χ0) is 47.4. The van der Waals surface area contributed by atoms with Crippen LogP contribution in [0.1, 0.15) is 66.7 Å². The normalized spacial score (nSPS) is 19.3. The topological polar surface area (TPSA) is 384 Å². The second kappa shape index (κ2) is 14.9. The second-order valence-corrected chi connectivity index (χ2v) is 15.3. The molecule has 0 aromatic heterocycles. The number of fused-ring (bicyclic) bond motifs is 3. The fourth-order valence-corrected chi connectivity index (χ4v) is 8.22. The molecule has 8 bridgehead atoms. The summed E-state index contributed by atoms with van der Waals surface area (Å²) < 4.78 is 30.5. The number of ether oxygens (including phenoxy) is 5. The summed E-state index contributed by atoms with van der Waals surface area (Å²) in [5, 5.41) is 163. The lowest BCUT2D eigenvalue weighted by molar-refractivity contribution is -0.0309. The van der Waals surface area contributed by atoms with Crippen LogP contribution in [0.5, 0.6) is 109 Å². The molecular formula is C44H32O22. The lowest BCUT2D eigenvalue weighted by Gasteiger charge is -2.42. The zero-order valence-electron chi connectivity index (χ0n) is 32.9. The lowest BCUT2D eigenvalue weighted by atomic mass is 9.77. The van der Waals surface area contributed by atoms with Crippen LogP contribution in [-0.2, 0) is 15.9 Å². The van der Waals surface area contributed by atoms with E-state index in [1.54, 1.807) is 0 Å². The molecule has 340 valence electrons. The van der Waals surface area contributed by atoms with Crippen LogP contribution in [0.4, 0.5) is 0 Å². The maximum absolute atomic E-state index is 14.3. The number of benzene rings is 6. The molecule has 6 aromatic rings. The minimum absolute atomic E-state index is 0.216. The van der Waals surface area contributed by atoms with Gasteiger partial charge in [0.25, 0.3) is 0 Å². The van der Waals surface area contributed by atoms with Gasteiger partial charge in [0.2, 0.25) is 17.2 Å². The van der Waals surface area contributed by atoms with E-state index in [0.717, 1.165) is 42.5 Å². The molecule has 0 unspecified atom stereocenters. The van der Waals surface area contributed by atoms with Crippen LogP contribution >= 0.6 is 0 Å². The highest BCUT2D eigenvalue weighted by Gasteiger charge is 2.51. The van der Waals surface area contributed by atoms with Crippen LogP contribution in [-0.4, -0.2) is 101 Å². The molecule has 15 N–H and O–H groups in total. The molecule has 4 aliphatic rings. The van der Waals surface area contributed by atoms with Gasteiger partial charge in [-0.15, -0.1) is 0 Å². The van der Waals surface area contributed by atoms with Gasteiger partial charge in [-0.25, -0.2) is 9.59 Å². The third-order valence-electron chi connectivity index (χ3n) is 11.2. The second-order valence-electron chi connectivity index (χ2n) is 15.3. The van der Waals surface area contributed by atoms with Gasteiger partial charge in [0.15, 0.2) is 75.8 Å². The van der Waals surface area contributed by atoms with E-state index in [1.165, 1.54) is 0 Å². The molecule has 0 saturated heterocycles. The molecule has 5 atom stereocenters. The molecular weight excluding hydrogens is 880 g/mol. The van der Waals surface area contributed by atoms with Gasteiger partial charge >= 0.3 is 11.9 Å². The fraction of sp³-hybridized carbons (Fsp3) is 0.136. The summed E-state index contributed by atoms with van der Waals surface area (Å²) in [6.07, 6.45) is -8.11. The summed E-state index contributed by atoms with van der Waals surface area (Å²) in [4.78, 5) is 28.3. The van der Waals surface area contributed by atoms with Gasteiger partial charge in [-0.05, 0) is 42.5 Å². The van der Waals surface area contributed by atoms with Gasteiger partial charge < -0.3 is 100 Å². The quantitative estimate of drug-likeness (QED) is 0.0839. The fourth-order valence-electron chi connectivity index (χ4n) is 8.22. The molecule has 0 saturated carbocycles. The van der Waals surface area contributed by atoms with Gasteiger partial charge in [-0.1, -0.05) is 0 Å². The van der Waals surface area contributed by atoms with Crippen LogP contribution in [0.3, 0.4) is 0 Å². The Labute approximate surface area is 366 Å². The van der Waals surface area contributed by atoms with E-state index in [2.05, 4.69) is 0 Å². The molecule has 0 radical (unpaired) electrons. The van der Waals surface area contributed by atoms with Crippen LogP contribution in [0, 0.1) is 0 Å². The van der Waals surface area contributed by atoms with Crippen molar-refractivity contribution in [1.82, 2.24) is 0 Å². The molecule has 66 heavy (non-hydrogen) atoms. The number of phenolic OH excluding ortho intramolecular Hbond substituents is 15. The number of carbonyl (C=O) groups is 2. The summed E-state index contributed by atoms with van der Waals surface area (Å²) in [6, 6.07) is 7.99. The largest absolute Gasteiger partial charge is 0.508 e. The van der Waals surface area contributed by atoms with Crippen molar-refractivity contribution < 1.29 is 110 Å². The molecule has 6 aromatic carbocycles. The molecule has 0 spiro atoms. The highest BCUT2D eigenvalue weighted by molar-refractivity contribution is 5.92. The van der Waals surface area contributed by atoms with Crippen LogP contribution in [0.2, 0.25) is 0 Å². The molecule has 0 fully saturated rings. The van der Waals surface area contributed by atoms with Crippen molar-refractivity contribution >= 4 is 11.9 Å². The molecule has 4 heterocycles. The number of rotatable bonds is 3. The van der Waals surface area contributed by atoms with Crippen LogP contribution < -0.4 is 14.2 Å². The number of phenols is 15. The Morgan fingerprint density at radius 2 is 1.12 bits per heavy atom. The zero-order valence-corrected chi connectivity index (χ0v) is 32.9. The maximum Gasteiger partial charge on any atom is 0.338 e. The first-order valence-corrected chi connectivity index (χ1v) is 19.1. The Bertz CT molecular complexity index is 3040. The molecule has 10 rings (SSSR count). The minimum atomic E-state index is -2.15. The first-order valence-electron chi connectivity index (χ1n) is 19.1. The standard InChI is InChI=1S/C44H32O22/c45-15-7-19(47)30-27(8-15)62-41-17-9-26(54)36(58)37(59)40(17)63-28-6-14(5-25(53)35(28)57)43(60)64-29-10-16-18(46)11-20(48)31(39(16)65-38(29)12-1-21(49)33(55)22(50)2-12)32(30)42(41)66-44(61)13-3-23(51)34(56)24(52)4-13/h1-9,11,29,32,38,41-42,45-59H,10H2/t29-,32-,38-,41-,42-/m1/s1. The highest BCUT2D eigenvalue weighted by atomic mass is 16.6. The van der Waals surface area contributed by atoms with E-state index < -0.39 is 186 Å². The van der Waals surface area contributed by atoms with Crippen LogP contribution in [0.15, 0.2) is 60.7 Å². The maximum atomic E-state index is 14.3. The average molecular weight is 913 g/mol.